The van der Waals surface area contributed by atoms with E-state index in [9.17, 15) is 24.3 Å². The van der Waals surface area contributed by atoms with Gasteiger partial charge in [-0.1, -0.05) is 72.8 Å². The average molecular weight is 598 g/mol. The van der Waals surface area contributed by atoms with Crippen LogP contribution in [0.1, 0.15) is 37.7 Å². The first-order valence-electron chi connectivity index (χ1n) is 15.3. The summed E-state index contributed by atoms with van der Waals surface area (Å²) in [6.07, 6.45) is 6.27. The zero-order valence-electron chi connectivity index (χ0n) is 24.7. The SMILES string of the molecule is O=C1NC(C(=O)Nc2ccc3ccccc3c2)COC(=O)C(Cc2ccccc2)CC=CCC1CC(=O)N1CCCC1CO. The van der Waals surface area contributed by atoms with Gasteiger partial charge >= 0.3 is 5.97 Å². The first kappa shape index (κ1) is 30.9. The Morgan fingerprint density at radius 2 is 1.66 bits per heavy atom. The molecular formula is C35H39N3O6. The van der Waals surface area contributed by atoms with E-state index in [1.807, 2.05) is 78.9 Å². The van der Waals surface area contributed by atoms with Gasteiger partial charge in [-0.3, -0.25) is 19.2 Å². The highest BCUT2D eigenvalue weighted by Gasteiger charge is 2.33. The number of nitrogens with zero attached hydrogens (tertiary/aromatic N) is 1. The van der Waals surface area contributed by atoms with Gasteiger partial charge in [0.2, 0.25) is 11.8 Å². The van der Waals surface area contributed by atoms with Crippen molar-refractivity contribution in [2.75, 3.05) is 25.1 Å². The van der Waals surface area contributed by atoms with Gasteiger partial charge in [0, 0.05) is 18.7 Å². The second kappa shape index (κ2) is 14.8. The molecule has 1 fully saturated rings. The number of benzene rings is 3. The Morgan fingerprint density at radius 3 is 2.43 bits per heavy atom. The molecule has 9 nitrogen and oxygen atoms in total. The standard InChI is InChI=1S/C35H39N3O6/c39-22-30-15-8-18-38(30)32(40)21-27-13-6-7-14-28(19-24-9-2-1-3-10-24)35(43)44-23-31(37-33(27)41)34(42)36-29-17-16-25-11-4-5-12-26(25)20-29/h1-7,9-12,16-17,20,27-28,30-31,39H,8,13-15,18-19,21-23H2,(H,36,42)(H,37,41). The van der Waals surface area contributed by atoms with E-state index >= 15 is 0 Å². The van der Waals surface area contributed by atoms with Crippen molar-refractivity contribution >= 4 is 40.2 Å². The molecule has 9 heteroatoms. The van der Waals surface area contributed by atoms with E-state index in [4.69, 9.17) is 4.74 Å². The summed E-state index contributed by atoms with van der Waals surface area (Å²) in [5.74, 6) is -2.88. The van der Waals surface area contributed by atoms with Crippen molar-refractivity contribution in [2.45, 2.75) is 50.6 Å². The molecule has 230 valence electrons. The molecule has 0 radical (unpaired) electrons. The number of likely N-dealkylation sites (tertiary alicyclic amines) is 1. The maximum absolute atomic E-state index is 13.6. The number of amides is 3. The number of allylic oxidation sites excluding steroid dienone is 2. The van der Waals surface area contributed by atoms with Gasteiger partial charge in [-0.25, -0.2) is 0 Å². The van der Waals surface area contributed by atoms with Crippen LogP contribution in [-0.4, -0.2) is 65.5 Å². The predicted molar refractivity (Wildman–Crippen MR) is 167 cm³/mol. The number of carbonyl (C=O) groups is 4. The molecule has 2 heterocycles. The number of ether oxygens (including phenoxy) is 1. The number of hydrogen-bond donors (Lipinski definition) is 3. The quantitative estimate of drug-likeness (QED) is 0.279. The van der Waals surface area contributed by atoms with Gasteiger partial charge < -0.3 is 25.4 Å². The van der Waals surface area contributed by atoms with Crippen molar-refractivity contribution in [1.82, 2.24) is 10.2 Å². The highest BCUT2D eigenvalue weighted by molar-refractivity contribution is 5.99. The fraction of sp³-hybridized carbons (Fsp3) is 0.371. The van der Waals surface area contributed by atoms with Gasteiger partial charge in [0.15, 0.2) is 0 Å². The Bertz CT molecular complexity index is 1510. The lowest BCUT2D eigenvalue weighted by Crippen LogP contribution is -2.50. The fourth-order valence-electron chi connectivity index (χ4n) is 5.90. The smallest absolute Gasteiger partial charge is 0.309 e. The second-order valence-electron chi connectivity index (χ2n) is 11.5. The number of rotatable bonds is 7. The summed E-state index contributed by atoms with van der Waals surface area (Å²) in [5.41, 5.74) is 1.53. The summed E-state index contributed by atoms with van der Waals surface area (Å²) in [6.45, 7) is 0.0776. The van der Waals surface area contributed by atoms with Crippen molar-refractivity contribution in [3.63, 3.8) is 0 Å². The third kappa shape index (κ3) is 7.90. The lowest BCUT2D eigenvalue weighted by molar-refractivity contribution is -0.150. The first-order valence-corrected chi connectivity index (χ1v) is 15.3. The third-order valence-corrected chi connectivity index (χ3v) is 8.41. The van der Waals surface area contributed by atoms with Crippen LogP contribution in [0.25, 0.3) is 10.8 Å². The number of hydrogen-bond acceptors (Lipinski definition) is 6. The minimum Gasteiger partial charge on any atom is -0.463 e. The van der Waals surface area contributed by atoms with Crippen LogP contribution in [0, 0.1) is 11.8 Å². The van der Waals surface area contributed by atoms with Crippen molar-refractivity contribution in [1.29, 1.82) is 0 Å². The number of aliphatic hydroxyl groups excluding tert-OH is 1. The number of nitrogens with one attached hydrogen (secondary N) is 2. The number of esters is 1. The highest BCUT2D eigenvalue weighted by Crippen LogP contribution is 2.23. The number of cyclic esters (lactones) is 1. The minimum atomic E-state index is -1.17. The number of aliphatic hydroxyl groups is 1. The molecular weight excluding hydrogens is 558 g/mol. The Hall–Kier alpha value is -4.50. The van der Waals surface area contributed by atoms with Crippen LogP contribution in [0.4, 0.5) is 5.69 Å². The summed E-state index contributed by atoms with van der Waals surface area (Å²) in [4.78, 5) is 55.2. The van der Waals surface area contributed by atoms with Crippen LogP contribution in [0.2, 0.25) is 0 Å². The summed E-state index contributed by atoms with van der Waals surface area (Å²) >= 11 is 0. The van der Waals surface area contributed by atoms with E-state index in [1.165, 1.54) is 0 Å². The summed E-state index contributed by atoms with van der Waals surface area (Å²) in [5, 5.41) is 17.3. The second-order valence-corrected chi connectivity index (χ2v) is 11.5. The van der Waals surface area contributed by atoms with Gasteiger partial charge in [-0.15, -0.1) is 0 Å². The summed E-state index contributed by atoms with van der Waals surface area (Å²) < 4.78 is 5.66. The molecule has 44 heavy (non-hydrogen) atoms. The van der Waals surface area contributed by atoms with Crippen molar-refractivity contribution in [2.24, 2.45) is 11.8 Å². The zero-order chi connectivity index (χ0) is 30.9. The van der Waals surface area contributed by atoms with Gasteiger partial charge in [0.25, 0.3) is 5.91 Å². The molecule has 1 saturated heterocycles. The lowest BCUT2D eigenvalue weighted by Gasteiger charge is -2.27. The molecule has 3 N–H and O–H groups in total. The molecule has 2 aliphatic rings. The lowest BCUT2D eigenvalue weighted by atomic mass is 9.94. The molecule has 4 atom stereocenters. The number of fused-ring (bicyclic) bond motifs is 1. The number of carbonyl (C=O) groups excluding carboxylic acids is 4. The summed E-state index contributed by atoms with van der Waals surface area (Å²) in [6, 6.07) is 21.5. The summed E-state index contributed by atoms with van der Waals surface area (Å²) in [7, 11) is 0. The third-order valence-electron chi connectivity index (χ3n) is 8.41. The zero-order valence-corrected chi connectivity index (χ0v) is 24.7. The maximum atomic E-state index is 13.6. The highest BCUT2D eigenvalue weighted by atomic mass is 16.5. The Morgan fingerprint density at radius 1 is 0.932 bits per heavy atom. The van der Waals surface area contributed by atoms with Crippen molar-refractivity contribution < 1.29 is 29.0 Å². The van der Waals surface area contributed by atoms with E-state index in [0.717, 1.165) is 29.2 Å². The molecule has 0 bridgehead atoms. The van der Waals surface area contributed by atoms with E-state index in [0.29, 0.717) is 25.1 Å². The maximum Gasteiger partial charge on any atom is 0.309 e. The monoisotopic (exact) mass is 597 g/mol. The van der Waals surface area contributed by atoms with Crippen molar-refractivity contribution in [3.8, 4) is 0 Å². The molecule has 3 aromatic carbocycles. The van der Waals surface area contributed by atoms with E-state index in [2.05, 4.69) is 10.6 Å². The largest absolute Gasteiger partial charge is 0.463 e. The minimum absolute atomic E-state index is 0.0566. The van der Waals surface area contributed by atoms with Crippen LogP contribution in [0.3, 0.4) is 0 Å². The van der Waals surface area contributed by atoms with Gasteiger partial charge in [-0.05, 0) is 60.6 Å². The van der Waals surface area contributed by atoms with Gasteiger partial charge in [-0.2, -0.15) is 0 Å². The molecule has 0 aromatic heterocycles. The van der Waals surface area contributed by atoms with Crippen LogP contribution >= 0.6 is 0 Å². The van der Waals surface area contributed by atoms with E-state index in [-0.39, 0.29) is 38.0 Å². The molecule has 0 aliphatic carbocycles. The van der Waals surface area contributed by atoms with E-state index in [1.54, 1.807) is 11.0 Å². The normalized spacial score (nSPS) is 22.9. The predicted octanol–water partition coefficient (Wildman–Crippen LogP) is 4.00. The Labute approximate surface area is 257 Å². The van der Waals surface area contributed by atoms with Gasteiger partial charge in [0.05, 0.1) is 24.5 Å². The molecule has 5 rings (SSSR count). The Kier molecular flexibility index (Phi) is 10.4. The first-order chi connectivity index (χ1) is 21.4. The molecule has 3 aromatic rings. The van der Waals surface area contributed by atoms with Crippen LogP contribution < -0.4 is 10.6 Å². The van der Waals surface area contributed by atoms with Gasteiger partial charge in [0.1, 0.15) is 12.6 Å². The van der Waals surface area contributed by atoms with Crippen LogP contribution in [-0.2, 0) is 30.3 Å². The topological polar surface area (TPSA) is 125 Å². The fourth-order valence-corrected chi connectivity index (χ4v) is 5.90. The Balaban J connectivity index is 1.36. The average Bonchev–Trinajstić information content (AvgIpc) is 3.53. The van der Waals surface area contributed by atoms with Crippen molar-refractivity contribution in [3.05, 3.63) is 90.5 Å². The molecule has 2 aliphatic heterocycles. The molecule has 0 saturated carbocycles. The molecule has 0 spiro atoms. The molecule has 4 unspecified atom stereocenters. The van der Waals surface area contributed by atoms with Crippen LogP contribution in [0.5, 0.6) is 0 Å². The van der Waals surface area contributed by atoms with Crippen LogP contribution in [0.15, 0.2) is 84.9 Å². The van der Waals surface area contributed by atoms with E-state index < -0.39 is 35.7 Å². The number of anilines is 1. The molecule has 3 amide bonds.